The van der Waals surface area contributed by atoms with Crippen molar-refractivity contribution in [3.8, 4) is 0 Å². The first-order valence-corrected chi connectivity index (χ1v) is 15.4. The Balaban J connectivity index is -0.0000000985. The summed E-state index contributed by atoms with van der Waals surface area (Å²) in [7, 11) is 0. The van der Waals surface area contributed by atoms with Gasteiger partial charge in [-0.2, -0.15) is 0 Å². The largest absolute Gasteiger partial charge is 0.0885 e. The van der Waals surface area contributed by atoms with Crippen molar-refractivity contribution in [3.05, 3.63) is 72.9 Å². The lowest BCUT2D eigenvalue weighted by Crippen LogP contribution is -1.50. The highest BCUT2D eigenvalue weighted by atomic mass is 14.0. The maximum atomic E-state index is 2.24. The van der Waals surface area contributed by atoms with E-state index in [-0.39, 0.29) is 0 Å². The van der Waals surface area contributed by atoms with Crippen LogP contribution in [0.1, 0.15) is 153 Å². The molecule has 0 saturated heterocycles. The van der Waals surface area contributed by atoms with E-state index in [1.54, 1.807) is 0 Å². The third-order valence-electron chi connectivity index (χ3n) is 4.38. The lowest BCUT2D eigenvalue weighted by atomic mass is 10.4. The molecule has 1 fully saturated rings. The predicted octanol–water partition coefficient (Wildman–Crippen LogP) is 13.5. The van der Waals surface area contributed by atoms with E-state index < -0.39 is 0 Å². The average molecular weight is 489 g/mol. The maximum absolute atomic E-state index is 2.24. The summed E-state index contributed by atoms with van der Waals surface area (Å²) >= 11 is 0. The van der Waals surface area contributed by atoms with Gasteiger partial charge in [-0.3, -0.25) is 0 Å². The van der Waals surface area contributed by atoms with Gasteiger partial charge in [0.15, 0.2) is 0 Å². The van der Waals surface area contributed by atoms with Crippen molar-refractivity contribution in [2.45, 2.75) is 153 Å². The van der Waals surface area contributed by atoms with Gasteiger partial charge in [-0.1, -0.05) is 174 Å². The molecular weight excluding hydrogens is 420 g/mol. The summed E-state index contributed by atoms with van der Waals surface area (Å²) < 4.78 is 0. The van der Waals surface area contributed by atoms with Crippen LogP contribution in [0.3, 0.4) is 0 Å². The summed E-state index contributed by atoms with van der Waals surface area (Å²) in [6.07, 6.45) is 43.5. The smallest absolute Gasteiger partial charge is 0.0163 e. The molecule has 0 unspecified atom stereocenters. The molecule has 0 aromatic rings. The maximum Gasteiger partial charge on any atom is -0.0163 e. The third-order valence-corrected chi connectivity index (χ3v) is 4.38. The SMILES string of the molecule is C1=CCC=C1.C1=CCC=C1.C1=CCCC1.C1=CCCC1.C1CCCC1.CC.CC.CC.CC.CC. The quantitative estimate of drug-likeness (QED) is 0.297. The minimum atomic E-state index is 1.14. The molecule has 0 N–H and O–H groups in total. The van der Waals surface area contributed by atoms with Crippen LogP contribution in [-0.4, -0.2) is 0 Å². The van der Waals surface area contributed by atoms with Crippen molar-refractivity contribution in [1.29, 1.82) is 0 Å². The van der Waals surface area contributed by atoms with Gasteiger partial charge in [0.25, 0.3) is 0 Å². The molecule has 0 spiro atoms. The molecule has 0 radical (unpaired) electrons. The van der Waals surface area contributed by atoms with Crippen LogP contribution in [0.4, 0.5) is 0 Å². The van der Waals surface area contributed by atoms with Gasteiger partial charge in [0, 0.05) is 0 Å². The van der Waals surface area contributed by atoms with E-state index in [0.29, 0.717) is 0 Å². The molecule has 0 heteroatoms. The fourth-order valence-corrected chi connectivity index (χ4v) is 2.85. The van der Waals surface area contributed by atoms with Crippen LogP contribution < -0.4 is 0 Å². The van der Waals surface area contributed by atoms with Crippen molar-refractivity contribution >= 4 is 0 Å². The first kappa shape index (κ1) is 43.5. The van der Waals surface area contributed by atoms with Crippen LogP contribution in [0, 0.1) is 0 Å². The van der Waals surface area contributed by atoms with Gasteiger partial charge in [-0.05, 0) is 51.4 Å². The monoisotopic (exact) mass is 489 g/mol. The molecule has 0 aliphatic heterocycles. The van der Waals surface area contributed by atoms with E-state index in [4.69, 9.17) is 0 Å². The Kier molecular flexibility index (Phi) is 72.5. The fraction of sp³-hybridized carbons (Fsp3) is 0.657. The number of hydrogen-bond donors (Lipinski definition) is 0. The predicted molar refractivity (Wildman–Crippen MR) is 172 cm³/mol. The highest BCUT2D eigenvalue weighted by Gasteiger charge is 1.95. The number of allylic oxidation sites excluding steroid dienone is 12. The lowest BCUT2D eigenvalue weighted by molar-refractivity contribution is 0.886. The van der Waals surface area contributed by atoms with Gasteiger partial charge in [-0.15, -0.1) is 0 Å². The number of hydrogen-bond acceptors (Lipinski definition) is 0. The summed E-state index contributed by atoms with van der Waals surface area (Å²) in [6.45, 7) is 20.0. The zero-order valence-corrected chi connectivity index (χ0v) is 26.1. The summed E-state index contributed by atoms with van der Waals surface area (Å²) in [5, 5.41) is 0. The van der Waals surface area contributed by atoms with E-state index in [1.165, 1.54) is 70.6 Å². The van der Waals surface area contributed by atoms with Crippen LogP contribution in [0.25, 0.3) is 0 Å². The van der Waals surface area contributed by atoms with Crippen molar-refractivity contribution in [3.63, 3.8) is 0 Å². The zero-order chi connectivity index (χ0) is 27.7. The van der Waals surface area contributed by atoms with Crippen LogP contribution in [0.15, 0.2) is 72.9 Å². The molecule has 5 aliphatic rings. The van der Waals surface area contributed by atoms with Gasteiger partial charge in [0.1, 0.15) is 0 Å². The lowest BCUT2D eigenvalue weighted by Gasteiger charge is -1.69. The van der Waals surface area contributed by atoms with Crippen molar-refractivity contribution in [1.82, 2.24) is 0 Å². The minimum Gasteiger partial charge on any atom is -0.0885 e. The first-order valence-electron chi connectivity index (χ1n) is 15.4. The molecule has 0 amide bonds. The molecule has 0 nitrogen and oxygen atoms in total. The summed E-state index contributed by atoms with van der Waals surface area (Å²) in [6, 6.07) is 0. The zero-order valence-electron chi connectivity index (χ0n) is 26.1. The van der Waals surface area contributed by atoms with Gasteiger partial charge < -0.3 is 0 Å². The first-order chi connectivity index (χ1) is 17.5. The van der Waals surface area contributed by atoms with E-state index in [2.05, 4.69) is 72.9 Å². The van der Waals surface area contributed by atoms with E-state index in [1.807, 2.05) is 69.2 Å². The highest BCUT2D eigenvalue weighted by Crippen LogP contribution is 2.15. The van der Waals surface area contributed by atoms with E-state index in [9.17, 15) is 0 Å². The summed E-state index contributed by atoms with van der Waals surface area (Å²) in [4.78, 5) is 0. The van der Waals surface area contributed by atoms with Crippen molar-refractivity contribution in [2.75, 3.05) is 0 Å². The molecule has 5 aliphatic carbocycles. The van der Waals surface area contributed by atoms with E-state index >= 15 is 0 Å². The average Bonchev–Trinajstić information content (AvgIpc) is 3.81. The molecular formula is C35H68. The van der Waals surface area contributed by atoms with Crippen LogP contribution in [0.2, 0.25) is 0 Å². The molecule has 0 atom stereocenters. The van der Waals surface area contributed by atoms with Crippen molar-refractivity contribution < 1.29 is 0 Å². The Morgan fingerprint density at radius 3 is 0.543 bits per heavy atom. The summed E-state index contributed by atoms with van der Waals surface area (Å²) in [5.74, 6) is 0. The summed E-state index contributed by atoms with van der Waals surface area (Å²) in [5.41, 5.74) is 0. The number of rotatable bonds is 0. The fourth-order valence-electron chi connectivity index (χ4n) is 2.85. The van der Waals surface area contributed by atoms with Crippen LogP contribution in [-0.2, 0) is 0 Å². The molecule has 0 bridgehead atoms. The molecule has 5 rings (SSSR count). The Hall–Kier alpha value is -1.56. The standard InChI is InChI=1S/C5H10.2C5H8.2C5H6.5C2H6/c5*1-2-4-5-3-1;5*1-2/h1-5H2;2*1-2H,3-5H2;2*1-4H,5H2;5*1-2H3. The molecule has 0 aromatic heterocycles. The minimum absolute atomic E-state index is 1.14. The van der Waals surface area contributed by atoms with Crippen LogP contribution >= 0.6 is 0 Å². The Morgan fingerprint density at radius 2 is 0.457 bits per heavy atom. The van der Waals surface area contributed by atoms with Gasteiger partial charge in [0.05, 0.1) is 0 Å². The Morgan fingerprint density at radius 1 is 0.257 bits per heavy atom. The normalized spacial score (nSPS) is 15.3. The second-order valence-electron chi connectivity index (χ2n) is 6.76. The molecule has 0 aromatic carbocycles. The van der Waals surface area contributed by atoms with Gasteiger partial charge >= 0.3 is 0 Å². The Labute approximate surface area is 225 Å². The van der Waals surface area contributed by atoms with Crippen LogP contribution in [0.5, 0.6) is 0 Å². The van der Waals surface area contributed by atoms with Gasteiger partial charge in [0.2, 0.25) is 0 Å². The third kappa shape index (κ3) is 54.7. The second kappa shape index (κ2) is 58.4. The molecule has 1 saturated carbocycles. The van der Waals surface area contributed by atoms with Gasteiger partial charge in [-0.25, -0.2) is 0 Å². The highest BCUT2D eigenvalue weighted by molar-refractivity contribution is 5.12. The van der Waals surface area contributed by atoms with Crippen molar-refractivity contribution in [2.24, 2.45) is 0 Å². The second-order valence-corrected chi connectivity index (χ2v) is 6.76. The Bertz CT molecular complexity index is 361. The molecule has 208 valence electrons. The molecule has 0 heterocycles. The van der Waals surface area contributed by atoms with E-state index in [0.717, 1.165) is 12.8 Å². The molecule has 35 heavy (non-hydrogen) atoms. The topological polar surface area (TPSA) is 0 Å².